The zero-order valence-electron chi connectivity index (χ0n) is 11.3. The van der Waals surface area contributed by atoms with Gasteiger partial charge in [0.25, 0.3) is 11.7 Å². The van der Waals surface area contributed by atoms with Gasteiger partial charge in [0.05, 0.1) is 11.3 Å². The van der Waals surface area contributed by atoms with Gasteiger partial charge in [0.15, 0.2) is 0 Å². The van der Waals surface area contributed by atoms with E-state index in [1.807, 2.05) is 13.8 Å². The Labute approximate surface area is 121 Å². The minimum absolute atomic E-state index is 0.0458. The molecule has 1 heterocycles. The van der Waals surface area contributed by atoms with Gasteiger partial charge in [0.1, 0.15) is 0 Å². The molecule has 2 amide bonds. The van der Waals surface area contributed by atoms with Gasteiger partial charge >= 0.3 is 0 Å². The topological polar surface area (TPSA) is 66.5 Å². The molecule has 0 fully saturated rings. The Morgan fingerprint density at radius 2 is 2.05 bits per heavy atom. The van der Waals surface area contributed by atoms with E-state index < -0.39 is 11.7 Å². The molecule has 0 saturated carbocycles. The summed E-state index contributed by atoms with van der Waals surface area (Å²) >= 11 is 5.82. The van der Waals surface area contributed by atoms with Gasteiger partial charge in [-0.15, -0.1) is 0 Å². The van der Waals surface area contributed by atoms with Crippen molar-refractivity contribution in [2.45, 2.75) is 26.3 Å². The van der Waals surface area contributed by atoms with Crippen molar-refractivity contribution in [2.75, 3.05) is 11.4 Å². The first-order valence-corrected chi connectivity index (χ1v) is 6.73. The number of carbonyl (C=O) groups is 3. The van der Waals surface area contributed by atoms with Gasteiger partial charge in [0.2, 0.25) is 5.91 Å². The molecule has 0 aliphatic carbocycles. The number of rotatable bonds is 4. The maximum atomic E-state index is 11.9. The normalized spacial score (nSPS) is 13.9. The van der Waals surface area contributed by atoms with E-state index in [9.17, 15) is 14.4 Å². The van der Waals surface area contributed by atoms with Crippen LogP contribution in [0.4, 0.5) is 5.69 Å². The van der Waals surface area contributed by atoms with Gasteiger partial charge in [-0.05, 0) is 32.0 Å². The van der Waals surface area contributed by atoms with Crippen LogP contribution in [0.15, 0.2) is 18.2 Å². The van der Waals surface area contributed by atoms with Crippen LogP contribution in [-0.2, 0) is 9.59 Å². The average molecular weight is 295 g/mol. The van der Waals surface area contributed by atoms with E-state index in [1.165, 1.54) is 11.0 Å². The average Bonchev–Trinajstić information content (AvgIpc) is 2.59. The highest BCUT2D eigenvalue weighted by Crippen LogP contribution is 2.31. The Kier molecular flexibility index (Phi) is 4.09. The first-order valence-electron chi connectivity index (χ1n) is 6.35. The molecule has 0 aromatic heterocycles. The molecule has 0 bridgehead atoms. The van der Waals surface area contributed by atoms with E-state index in [0.29, 0.717) is 16.3 Å². The fraction of sp³-hybridized carbons (Fsp3) is 0.357. The number of anilines is 1. The maximum Gasteiger partial charge on any atom is 0.299 e. The molecule has 1 aromatic carbocycles. The smallest absolute Gasteiger partial charge is 0.299 e. The van der Waals surface area contributed by atoms with Crippen LogP contribution in [-0.4, -0.2) is 30.2 Å². The molecule has 1 aliphatic rings. The lowest BCUT2D eigenvalue weighted by Crippen LogP contribution is -2.36. The number of benzene rings is 1. The third-order valence-corrected chi connectivity index (χ3v) is 3.18. The summed E-state index contributed by atoms with van der Waals surface area (Å²) in [5, 5.41) is 3.15. The van der Waals surface area contributed by atoms with Gasteiger partial charge in [0, 0.05) is 24.0 Å². The lowest BCUT2D eigenvalue weighted by molar-refractivity contribution is -0.121. The Morgan fingerprint density at radius 1 is 1.35 bits per heavy atom. The van der Waals surface area contributed by atoms with Crippen molar-refractivity contribution in [1.82, 2.24) is 5.32 Å². The highest BCUT2D eigenvalue weighted by molar-refractivity contribution is 6.52. The van der Waals surface area contributed by atoms with Crippen LogP contribution in [0.5, 0.6) is 0 Å². The van der Waals surface area contributed by atoms with E-state index in [0.717, 1.165) is 0 Å². The number of carbonyl (C=O) groups excluding carboxylic acids is 3. The van der Waals surface area contributed by atoms with Gasteiger partial charge in [-0.2, -0.15) is 0 Å². The number of hydrogen-bond acceptors (Lipinski definition) is 3. The molecular formula is C14H15ClN2O3. The first kappa shape index (κ1) is 14.5. The minimum atomic E-state index is -0.611. The maximum absolute atomic E-state index is 11.9. The van der Waals surface area contributed by atoms with Gasteiger partial charge < -0.3 is 10.2 Å². The van der Waals surface area contributed by atoms with E-state index in [2.05, 4.69) is 5.32 Å². The van der Waals surface area contributed by atoms with Crippen LogP contribution in [0.25, 0.3) is 0 Å². The second-order valence-corrected chi connectivity index (χ2v) is 5.36. The molecule has 106 valence electrons. The summed E-state index contributed by atoms with van der Waals surface area (Å²) in [5.41, 5.74) is 0.813. The standard InChI is InChI=1S/C14H15ClN2O3/c1-8(2)16-12(18)5-6-17-11-4-3-9(15)7-10(11)13(19)14(17)20/h3-4,7-8H,5-6H2,1-2H3,(H,16,18). The fourth-order valence-corrected chi connectivity index (χ4v) is 2.27. The first-order chi connectivity index (χ1) is 9.40. The number of hydrogen-bond donors (Lipinski definition) is 1. The van der Waals surface area contributed by atoms with Gasteiger partial charge in [-0.3, -0.25) is 14.4 Å². The third-order valence-electron chi connectivity index (χ3n) is 2.95. The molecule has 1 aliphatic heterocycles. The summed E-state index contributed by atoms with van der Waals surface area (Å²) in [6.45, 7) is 3.90. The molecule has 0 atom stereocenters. The van der Waals surface area contributed by atoms with Gasteiger partial charge in [-0.25, -0.2) is 0 Å². The zero-order valence-corrected chi connectivity index (χ0v) is 12.0. The SMILES string of the molecule is CC(C)NC(=O)CCN1C(=O)C(=O)c2cc(Cl)ccc21. The molecule has 0 spiro atoms. The van der Waals surface area contributed by atoms with Gasteiger partial charge in [-0.1, -0.05) is 11.6 Å². The highest BCUT2D eigenvalue weighted by atomic mass is 35.5. The lowest BCUT2D eigenvalue weighted by atomic mass is 10.1. The van der Waals surface area contributed by atoms with Crippen LogP contribution in [0.2, 0.25) is 5.02 Å². The predicted molar refractivity (Wildman–Crippen MR) is 76.0 cm³/mol. The molecule has 2 rings (SSSR count). The molecule has 20 heavy (non-hydrogen) atoms. The Morgan fingerprint density at radius 3 is 2.70 bits per heavy atom. The van der Waals surface area contributed by atoms with Crippen LogP contribution < -0.4 is 10.2 Å². The summed E-state index contributed by atoms with van der Waals surface area (Å²) in [5.74, 6) is -1.34. The summed E-state index contributed by atoms with van der Waals surface area (Å²) in [6.07, 6.45) is 0.152. The largest absolute Gasteiger partial charge is 0.354 e. The molecule has 0 saturated heterocycles. The van der Waals surface area contributed by atoms with E-state index in [4.69, 9.17) is 11.6 Å². The lowest BCUT2D eigenvalue weighted by Gasteiger charge is -2.16. The highest BCUT2D eigenvalue weighted by Gasteiger charge is 2.35. The summed E-state index contributed by atoms with van der Waals surface area (Å²) in [4.78, 5) is 36.7. The third kappa shape index (κ3) is 2.82. The number of nitrogens with zero attached hydrogens (tertiary/aromatic N) is 1. The molecule has 5 nitrogen and oxygen atoms in total. The second kappa shape index (κ2) is 5.63. The van der Waals surface area contributed by atoms with Crippen molar-refractivity contribution in [3.8, 4) is 0 Å². The van der Waals surface area contributed by atoms with E-state index in [1.54, 1.807) is 12.1 Å². The Balaban J connectivity index is 2.12. The number of amides is 2. The van der Waals surface area contributed by atoms with Crippen molar-refractivity contribution < 1.29 is 14.4 Å². The number of nitrogens with one attached hydrogen (secondary N) is 1. The van der Waals surface area contributed by atoms with Crippen molar-refractivity contribution >= 4 is 34.9 Å². The van der Waals surface area contributed by atoms with Crippen molar-refractivity contribution in [3.63, 3.8) is 0 Å². The van der Waals surface area contributed by atoms with E-state index >= 15 is 0 Å². The molecule has 1 aromatic rings. The zero-order chi connectivity index (χ0) is 14.9. The molecular weight excluding hydrogens is 280 g/mol. The van der Waals surface area contributed by atoms with Crippen molar-refractivity contribution in [3.05, 3.63) is 28.8 Å². The summed E-state index contributed by atoms with van der Waals surface area (Å²) in [7, 11) is 0. The monoisotopic (exact) mass is 294 g/mol. The quantitative estimate of drug-likeness (QED) is 0.861. The molecule has 0 radical (unpaired) electrons. The Hall–Kier alpha value is -1.88. The van der Waals surface area contributed by atoms with E-state index in [-0.39, 0.29) is 24.9 Å². The number of halogens is 1. The predicted octanol–water partition coefficient (Wildman–Crippen LogP) is 1.78. The van der Waals surface area contributed by atoms with Crippen LogP contribution in [0, 0.1) is 0 Å². The summed E-state index contributed by atoms with van der Waals surface area (Å²) < 4.78 is 0. The summed E-state index contributed by atoms with van der Waals surface area (Å²) in [6, 6.07) is 4.77. The second-order valence-electron chi connectivity index (χ2n) is 4.92. The number of Topliss-reactive ketones (excluding diaryl/α,β-unsaturated/α-hetero) is 1. The number of fused-ring (bicyclic) bond motifs is 1. The van der Waals surface area contributed by atoms with Crippen molar-refractivity contribution in [1.29, 1.82) is 0 Å². The number of ketones is 1. The molecule has 0 unspecified atom stereocenters. The Bertz CT molecular complexity index is 584. The van der Waals surface area contributed by atoms with Crippen LogP contribution in [0.1, 0.15) is 30.6 Å². The van der Waals surface area contributed by atoms with Crippen molar-refractivity contribution in [2.24, 2.45) is 0 Å². The minimum Gasteiger partial charge on any atom is -0.354 e. The van der Waals surface area contributed by atoms with Crippen LogP contribution >= 0.6 is 11.6 Å². The molecule has 1 N–H and O–H groups in total. The fourth-order valence-electron chi connectivity index (χ4n) is 2.10. The van der Waals surface area contributed by atoms with Crippen LogP contribution in [0.3, 0.4) is 0 Å². The molecule has 6 heteroatoms.